The smallest absolute Gasteiger partial charge is 0.413 e. The second kappa shape index (κ2) is 4.25. The minimum absolute atomic E-state index is 0.155. The molecule has 0 unspecified atom stereocenters. The first-order valence-corrected chi connectivity index (χ1v) is 3.93. The van der Waals surface area contributed by atoms with Gasteiger partial charge < -0.3 is 10.1 Å². The summed E-state index contributed by atoms with van der Waals surface area (Å²) in [5.74, 6) is 0. The molecule has 5 heteroatoms. The summed E-state index contributed by atoms with van der Waals surface area (Å²) in [4.78, 5) is 10.6. The number of carbonyl (C=O) groups excluding carboxylic acids is 1. The molecule has 12 heavy (non-hydrogen) atoms. The highest BCUT2D eigenvalue weighted by Crippen LogP contribution is 1.97. The predicted molar refractivity (Wildman–Crippen MR) is 51.0 cm³/mol. The molecule has 0 aliphatic heterocycles. The summed E-state index contributed by atoms with van der Waals surface area (Å²) in [5, 5.41) is 5.52. The van der Waals surface area contributed by atoms with Gasteiger partial charge >= 0.3 is 6.09 Å². The molecule has 0 rings (SSSR count). The van der Waals surface area contributed by atoms with Gasteiger partial charge in [-0.3, -0.25) is 5.32 Å². The zero-order chi connectivity index (χ0) is 9.78. The maximum Gasteiger partial charge on any atom is 0.413 e. The first kappa shape index (κ1) is 11.2. The molecule has 1 amide bonds. The number of rotatable bonds is 0. The maximum atomic E-state index is 10.6. The highest BCUT2D eigenvalue weighted by Gasteiger charge is 2.12. The van der Waals surface area contributed by atoms with Gasteiger partial charge in [-0.1, -0.05) is 0 Å². The largest absolute Gasteiger partial charge is 0.453 e. The lowest BCUT2D eigenvalue weighted by atomic mass is 10.1. The maximum absolute atomic E-state index is 10.6. The van der Waals surface area contributed by atoms with E-state index in [0.29, 0.717) is 0 Å². The third-order valence-corrected chi connectivity index (χ3v) is 1.09. The van der Waals surface area contributed by atoms with E-state index in [1.807, 2.05) is 20.8 Å². The Morgan fingerprint density at radius 2 is 1.92 bits per heavy atom. The minimum Gasteiger partial charge on any atom is -0.453 e. The van der Waals surface area contributed by atoms with Crippen molar-refractivity contribution in [3.63, 3.8) is 0 Å². The van der Waals surface area contributed by atoms with Crippen LogP contribution in [0.4, 0.5) is 4.79 Å². The summed E-state index contributed by atoms with van der Waals surface area (Å²) in [6.07, 6.45) is -0.559. The van der Waals surface area contributed by atoms with Crippen molar-refractivity contribution in [1.29, 1.82) is 0 Å². The summed E-state index contributed by atoms with van der Waals surface area (Å²) in [6, 6.07) is 0. The van der Waals surface area contributed by atoms with Crippen LogP contribution in [0.2, 0.25) is 0 Å². The molecule has 0 bridgehead atoms. The van der Waals surface area contributed by atoms with Crippen molar-refractivity contribution in [2.75, 3.05) is 7.11 Å². The van der Waals surface area contributed by atoms with Crippen LogP contribution >= 0.6 is 12.2 Å². The van der Waals surface area contributed by atoms with Crippen molar-refractivity contribution in [3.05, 3.63) is 0 Å². The average molecular weight is 190 g/mol. The third-order valence-electron chi connectivity index (χ3n) is 0.890. The molecule has 70 valence electrons. The lowest BCUT2D eigenvalue weighted by Gasteiger charge is -2.22. The number of hydrogen-bond acceptors (Lipinski definition) is 3. The van der Waals surface area contributed by atoms with Crippen molar-refractivity contribution in [2.24, 2.45) is 0 Å². The van der Waals surface area contributed by atoms with E-state index in [9.17, 15) is 4.79 Å². The molecule has 0 atom stereocenters. The van der Waals surface area contributed by atoms with Crippen molar-refractivity contribution < 1.29 is 9.53 Å². The Kier molecular flexibility index (Phi) is 3.95. The van der Waals surface area contributed by atoms with E-state index in [1.165, 1.54) is 7.11 Å². The predicted octanol–water partition coefficient (Wildman–Crippen LogP) is 1.02. The SMILES string of the molecule is COC(=O)NC(=S)NC(C)(C)C. The number of thiocarbonyl (C=S) groups is 1. The first-order valence-electron chi connectivity index (χ1n) is 3.52. The number of hydrogen-bond donors (Lipinski definition) is 2. The van der Waals surface area contributed by atoms with Gasteiger partial charge in [0.2, 0.25) is 0 Å². The minimum atomic E-state index is -0.559. The van der Waals surface area contributed by atoms with E-state index in [-0.39, 0.29) is 10.7 Å². The number of ether oxygens (including phenoxy) is 1. The molecule has 0 aliphatic rings. The number of carbonyl (C=O) groups is 1. The second-order valence-electron chi connectivity index (χ2n) is 3.32. The standard InChI is InChI=1S/C7H14N2O2S/c1-7(2,3)9-5(12)8-6(10)11-4/h1-4H3,(H2,8,9,10,12). The highest BCUT2D eigenvalue weighted by molar-refractivity contribution is 7.80. The fourth-order valence-electron chi connectivity index (χ4n) is 0.516. The Morgan fingerprint density at radius 1 is 1.42 bits per heavy atom. The van der Waals surface area contributed by atoms with Gasteiger partial charge in [0.05, 0.1) is 7.11 Å². The highest BCUT2D eigenvalue weighted by atomic mass is 32.1. The van der Waals surface area contributed by atoms with Crippen molar-refractivity contribution >= 4 is 23.4 Å². The van der Waals surface area contributed by atoms with Crippen molar-refractivity contribution in [3.8, 4) is 0 Å². The first-order chi connectivity index (χ1) is 5.35. The number of alkyl carbamates (subject to hydrolysis) is 1. The van der Waals surface area contributed by atoms with E-state index >= 15 is 0 Å². The molecule has 0 aromatic heterocycles. The van der Waals surface area contributed by atoms with Gasteiger partial charge in [0.1, 0.15) is 0 Å². The Hall–Kier alpha value is -0.840. The van der Waals surface area contributed by atoms with Gasteiger partial charge in [-0.05, 0) is 33.0 Å². The van der Waals surface area contributed by atoms with E-state index in [1.54, 1.807) is 0 Å². The monoisotopic (exact) mass is 190 g/mol. The topological polar surface area (TPSA) is 50.4 Å². The zero-order valence-corrected chi connectivity index (χ0v) is 8.54. The van der Waals surface area contributed by atoms with Gasteiger partial charge in [0.15, 0.2) is 5.11 Å². The van der Waals surface area contributed by atoms with Gasteiger partial charge in [0.25, 0.3) is 0 Å². The molecule has 2 N–H and O–H groups in total. The molecule has 0 spiro atoms. The summed E-state index contributed by atoms with van der Waals surface area (Å²) >= 11 is 4.82. The van der Waals surface area contributed by atoms with Crippen LogP contribution in [0.3, 0.4) is 0 Å². The molecule has 0 radical (unpaired) electrons. The van der Waals surface area contributed by atoms with E-state index in [2.05, 4.69) is 15.4 Å². The Labute approximate surface area is 77.7 Å². The van der Waals surface area contributed by atoms with Crippen LogP contribution in [0.25, 0.3) is 0 Å². The molecule has 0 aromatic rings. The average Bonchev–Trinajstić information content (AvgIpc) is 1.82. The van der Waals surface area contributed by atoms with E-state index < -0.39 is 6.09 Å². The molecule has 0 saturated heterocycles. The number of nitrogens with one attached hydrogen (secondary N) is 2. The van der Waals surface area contributed by atoms with E-state index in [0.717, 1.165) is 0 Å². The van der Waals surface area contributed by atoms with E-state index in [4.69, 9.17) is 12.2 Å². The third kappa shape index (κ3) is 5.91. The molecule has 0 fully saturated rings. The Balaban J connectivity index is 3.83. The summed E-state index contributed by atoms with van der Waals surface area (Å²) in [5.41, 5.74) is -0.155. The number of amides is 1. The molecule has 0 saturated carbocycles. The van der Waals surface area contributed by atoms with Crippen LogP contribution in [0.5, 0.6) is 0 Å². The molecule has 0 heterocycles. The van der Waals surface area contributed by atoms with Crippen LogP contribution in [-0.4, -0.2) is 23.9 Å². The molecular weight excluding hydrogens is 176 g/mol. The fraction of sp³-hybridized carbons (Fsp3) is 0.714. The second-order valence-corrected chi connectivity index (χ2v) is 3.73. The lowest BCUT2D eigenvalue weighted by molar-refractivity contribution is 0.176. The molecule has 0 aromatic carbocycles. The van der Waals surface area contributed by atoms with Crippen molar-refractivity contribution in [1.82, 2.24) is 10.6 Å². The Morgan fingerprint density at radius 3 is 2.25 bits per heavy atom. The fourth-order valence-corrected chi connectivity index (χ4v) is 0.905. The van der Waals surface area contributed by atoms with Crippen LogP contribution in [0, 0.1) is 0 Å². The summed E-state index contributed by atoms with van der Waals surface area (Å²) in [6.45, 7) is 5.83. The summed E-state index contributed by atoms with van der Waals surface area (Å²) in [7, 11) is 1.29. The van der Waals surface area contributed by atoms with Crippen LogP contribution in [-0.2, 0) is 4.74 Å². The van der Waals surface area contributed by atoms with Crippen LogP contribution in [0.1, 0.15) is 20.8 Å². The van der Waals surface area contributed by atoms with Gasteiger partial charge in [-0.15, -0.1) is 0 Å². The van der Waals surface area contributed by atoms with Gasteiger partial charge in [0, 0.05) is 5.54 Å². The van der Waals surface area contributed by atoms with Gasteiger partial charge in [-0.2, -0.15) is 0 Å². The normalized spacial score (nSPS) is 10.3. The van der Waals surface area contributed by atoms with Crippen molar-refractivity contribution in [2.45, 2.75) is 26.3 Å². The quantitative estimate of drug-likeness (QED) is 0.560. The number of methoxy groups -OCH3 is 1. The molecule has 0 aliphatic carbocycles. The van der Waals surface area contributed by atoms with Gasteiger partial charge in [-0.25, -0.2) is 4.79 Å². The van der Waals surface area contributed by atoms with Crippen LogP contribution < -0.4 is 10.6 Å². The Bertz CT molecular complexity index is 186. The zero-order valence-electron chi connectivity index (χ0n) is 7.72. The molecule has 4 nitrogen and oxygen atoms in total. The summed E-state index contributed by atoms with van der Waals surface area (Å²) < 4.78 is 4.36. The van der Waals surface area contributed by atoms with Crippen LogP contribution in [0.15, 0.2) is 0 Å². The lowest BCUT2D eigenvalue weighted by Crippen LogP contribution is -2.48. The molecular formula is C7H14N2O2S.